The zero-order chi connectivity index (χ0) is 10.7. The molecule has 2 aromatic rings. The van der Waals surface area contributed by atoms with Gasteiger partial charge in [0, 0.05) is 6.07 Å². The predicted octanol–water partition coefficient (Wildman–Crippen LogP) is 0.524. The highest BCUT2D eigenvalue weighted by atomic mass is 16.5. The molecule has 2 aromatic heterocycles. The van der Waals surface area contributed by atoms with Gasteiger partial charge in [-0.1, -0.05) is 0 Å². The number of nitrogens with two attached hydrogens (primary N) is 1. The van der Waals surface area contributed by atoms with E-state index in [2.05, 4.69) is 19.9 Å². The average molecular weight is 203 g/mol. The number of rotatable bonds is 2. The number of ether oxygens (including phenoxy) is 1. The number of nitrogens with zero attached hydrogens (tertiary/aromatic N) is 4. The van der Waals surface area contributed by atoms with Crippen LogP contribution in [0.1, 0.15) is 0 Å². The Hall–Kier alpha value is -2.24. The van der Waals surface area contributed by atoms with Crippen LogP contribution in [0.4, 0.5) is 5.69 Å². The summed E-state index contributed by atoms with van der Waals surface area (Å²) in [5, 5.41) is 0. The summed E-state index contributed by atoms with van der Waals surface area (Å²) in [6.07, 6.45) is 4.45. The van der Waals surface area contributed by atoms with Crippen LogP contribution in [0.25, 0.3) is 11.5 Å². The van der Waals surface area contributed by atoms with E-state index in [4.69, 9.17) is 10.5 Å². The first kappa shape index (κ1) is 9.32. The summed E-state index contributed by atoms with van der Waals surface area (Å²) in [5.41, 5.74) is 6.59. The molecule has 0 saturated carbocycles. The minimum absolute atomic E-state index is 0.473. The van der Waals surface area contributed by atoms with E-state index < -0.39 is 0 Å². The van der Waals surface area contributed by atoms with Gasteiger partial charge in [0.05, 0.1) is 25.2 Å². The second kappa shape index (κ2) is 3.87. The fourth-order valence-electron chi connectivity index (χ4n) is 1.04. The van der Waals surface area contributed by atoms with Gasteiger partial charge in [-0.2, -0.15) is 0 Å². The largest absolute Gasteiger partial charge is 0.481 e. The predicted molar refractivity (Wildman–Crippen MR) is 54.0 cm³/mol. The molecule has 0 radical (unpaired) electrons. The van der Waals surface area contributed by atoms with E-state index in [1.807, 2.05) is 0 Å². The van der Waals surface area contributed by atoms with E-state index in [1.54, 1.807) is 6.07 Å². The van der Waals surface area contributed by atoms with Crippen molar-refractivity contribution >= 4 is 5.69 Å². The first-order chi connectivity index (χ1) is 7.29. The third-order valence-corrected chi connectivity index (χ3v) is 1.75. The number of methoxy groups -OCH3 is 1. The van der Waals surface area contributed by atoms with Crippen molar-refractivity contribution in [3.63, 3.8) is 0 Å². The van der Waals surface area contributed by atoms with E-state index in [0.717, 1.165) is 0 Å². The summed E-state index contributed by atoms with van der Waals surface area (Å²) < 4.78 is 4.97. The van der Waals surface area contributed by atoms with Crippen molar-refractivity contribution < 1.29 is 4.74 Å². The Balaban J connectivity index is 2.40. The Morgan fingerprint density at radius 3 is 2.53 bits per heavy atom. The summed E-state index contributed by atoms with van der Waals surface area (Å²) in [4.78, 5) is 16.0. The molecule has 15 heavy (non-hydrogen) atoms. The summed E-state index contributed by atoms with van der Waals surface area (Å²) in [6.45, 7) is 0. The maximum Gasteiger partial charge on any atom is 0.216 e. The molecule has 0 unspecified atom stereocenters. The van der Waals surface area contributed by atoms with Gasteiger partial charge in [0.15, 0.2) is 5.82 Å². The van der Waals surface area contributed by atoms with Crippen LogP contribution < -0.4 is 10.5 Å². The molecule has 76 valence electrons. The van der Waals surface area contributed by atoms with Crippen molar-refractivity contribution in [2.24, 2.45) is 0 Å². The molecule has 0 aliphatic rings. The molecule has 0 spiro atoms. The fourth-order valence-corrected chi connectivity index (χ4v) is 1.04. The summed E-state index contributed by atoms with van der Waals surface area (Å²) in [5.74, 6) is 0.963. The average Bonchev–Trinajstić information content (AvgIpc) is 2.30. The molecule has 0 amide bonds. The van der Waals surface area contributed by atoms with E-state index in [9.17, 15) is 0 Å². The van der Waals surface area contributed by atoms with Crippen LogP contribution in [0.15, 0.2) is 24.8 Å². The summed E-state index contributed by atoms with van der Waals surface area (Å²) in [7, 11) is 1.54. The highest BCUT2D eigenvalue weighted by Gasteiger charge is 2.04. The zero-order valence-electron chi connectivity index (χ0n) is 8.08. The molecule has 0 bridgehead atoms. The van der Waals surface area contributed by atoms with E-state index in [1.165, 1.54) is 25.8 Å². The SMILES string of the molecule is COc1cc(-c2ncc(N)cn2)ncn1. The van der Waals surface area contributed by atoms with Crippen molar-refractivity contribution in [2.45, 2.75) is 0 Å². The van der Waals surface area contributed by atoms with Gasteiger partial charge >= 0.3 is 0 Å². The van der Waals surface area contributed by atoms with Crippen LogP contribution in [0, 0.1) is 0 Å². The minimum atomic E-state index is 0.473. The van der Waals surface area contributed by atoms with E-state index in [-0.39, 0.29) is 0 Å². The third kappa shape index (κ3) is 1.98. The molecule has 2 rings (SSSR count). The highest BCUT2D eigenvalue weighted by molar-refractivity contribution is 5.51. The van der Waals surface area contributed by atoms with Crippen LogP contribution in [-0.4, -0.2) is 27.0 Å². The number of nitrogen functional groups attached to an aromatic ring is 1. The monoisotopic (exact) mass is 203 g/mol. The Kier molecular flexibility index (Phi) is 2.40. The molecular formula is C9H9N5O. The van der Waals surface area contributed by atoms with Gasteiger partial charge in [-0.05, 0) is 0 Å². The smallest absolute Gasteiger partial charge is 0.216 e. The van der Waals surface area contributed by atoms with Crippen LogP contribution in [0.3, 0.4) is 0 Å². The number of hydrogen-bond acceptors (Lipinski definition) is 6. The molecule has 6 heteroatoms. The van der Waals surface area contributed by atoms with Crippen LogP contribution >= 0.6 is 0 Å². The molecule has 0 aliphatic carbocycles. The molecule has 6 nitrogen and oxygen atoms in total. The molecular weight excluding hydrogens is 194 g/mol. The number of anilines is 1. The summed E-state index contributed by atoms with van der Waals surface area (Å²) >= 11 is 0. The maximum absolute atomic E-state index is 5.48. The van der Waals surface area contributed by atoms with Gasteiger partial charge in [0.2, 0.25) is 5.88 Å². The van der Waals surface area contributed by atoms with Crippen molar-refractivity contribution in [1.82, 2.24) is 19.9 Å². The van der Waals surface area contributed by atoms with Crippen molar-refractivity contribution in [2.75, 3.05) is 12.8 Å². The van der Waals surface area contributed by atoms with Crippen LogP contribution in [0.2, 0.25) is 0 Å². The van der Waals surface area contributed by atoms with Crippen LogP contribution in [0.5, 0.6) is 5.88 Å². The maximum atomic E-state index is 5.48. The topological polar surface area (TPSA) is 86.8 Å². The Morgan fingerprint density at radius 1 is 1.13 bits per heavy atom. The first-order valence-corrected chi connectivity index (χ1v) is 4.23. The van der Waals surface area contributed by atoms with Crippen LogP contribution in [-0.2, 0) is 0 Å². The van der Waals surface area contributed by atoms with Gasteiger partial charge in [0.1, 0.15) is 12.0 Å². The number of aromatic nitrogens is 4. The van der Waals surface area contributed by atoms with E-state index >= 15 is 0 Å². The third-order valence-electron chi connectivity index (χ3n) is 1.75. The molecule has 2 N–H and O–H groups in total. The summed E-state index contributed by atoms with van der Waals surface area (Å²) in [6, 6.07) is 1.66. The lowest BCUT2D eigenvalue weighted by atomic mass is 10.3. The number of hydrogen-bond donors (Lipinski definition) is 1. The first-order valence-electron chi connectivity index (χ1n) is 4.23. The van der Waals surface area contributed by atoms with Gasteiger partial charge in [-0.15, -0.1) is 0 Å². The van der Waals surface area contributed by atoms with Gasteiger partial charge < -0.3 is 10.5 Å². The lowest BCUT2D eigenvalue weighted by molar-refractivity contribution is 0.397. The Morgan fingerprint density at radius 2 is 1.87 bits per heavy atom. The van der Waals surface area contributed by atoms with Gasteiger partial charge in [0.25, 0.3) is 0 Å². The fraction of sp³-hybridized carbons (Fsp3) is 0.111. The Labute approximate surface area is 86.2 Å². The zero-order valence-corrected chi connectivity index (χ0v) is 8.08. The van der Waals surface area contributed by atoms with Crippen molar-refractivity contribution in [3.8, 4) is 17.4 Å². The van der Waals surface area contributed by atoms with Crippen molar-refractivity contribution in [1.29, 1.82) is 0 Å². The second-order valence-corrected chi connectivity index (χ2v) is 2.79. The van der Waals surface area contributed by atoms with E-state index in [0.29, 0.717) is 23.1 Å². The van der Waals surface area contributed by atoms with Gasteiger partial charge in [-0.25, -0.2) is 19.9 Å². The standard InChI is InChI=1S/C9H9N5O/c1-15-8-2-7(13-5-14-8)9-11-3-6(10)4-12-9/h2-5H,10H2,1H3. The molecule has 0 aromatic carbocycles. The molecule has 2 heterocycles. The second-order valence-electron chi connectivity index (χ2n) is 2.79. The quantitative estimate of drug-likeness (QED) is 0.765. The van der Waals surface area contributed by atoms with Crippen molar-refractivity contribution in [3.05, 3.63) is 24.8 Å². The molecule has 0 fully saturated rings. The normalized spacial score (nSPS) is 9.93. The molecule has 0 saturated heterocycles. The Bertz CT molecular complexity index is 456. The molecule has 0 aliphatic heterocycles. The molecule has 0 atom stereocenters. The lowest BCUT2D eigenvalue weighted by Crippen LogP contribution is -1.96. The minimum Gasteiger partial charge on any atom is -0.481 e. The van der Waals surface area contributed by atoms with Gasteiger partial charge in [-0.3, -0.25) is 0 Å². The lowest BCUT2D eigenvalue weighted by Gasteiger charge is -2.01. The highest BCUT2D eigenvalue weighted by Crippen LogP contribution is 2.15.